The van der Waals surface area contributed by atoms with Crippen LogP contribution in [0.4, 0.5) is 0 Å². The van der Waals surface area contributed by atoms with Gasteiger partial charge in [0.25, 0.3) is 8.32 Å². The van der Waals surface area contributed by atoms with E-state index in [2.05, 4.69) is 67.1 Å². The standard InChI is InChI=1S/C44H51N3O7Si/c1-26-20-28-21-33-35(23-45)47-32(18-19-44(3,4)55(49,29-14-10-8-11-15-29)30-16-12-9-13-17-30)37-31(39(48)27(2)41-43(37)54-25-53-41)22-34(47)38(46(33)5)36(28)42(40(26)51-7)52-24-50-6/h8-17,20,32-35,38,48-49H,18-19,21-22,24-25H2,1-7H3/t32-,33+,34-,35-,38-/m0/s1. The number of likely N-dealkylation sites (N-methyl/N-ethyl adjacent to an activating group) is 1. The maximum Gasteiger partial charge on any atom is 0.258 e. The van der Waals surface area contributed by atoms with Crippen LogP contribution in [-0.4, -0.2) is 81.0 Å². The molecule has 1 fully saturated rings. The van der Waals surface area contributed by atoms with Crippen LogP contribution in [0.15, 0.2) is 66.7 Å². The Balaban J connectivity index is 1.30. The van der Waals surface area contributed by atoms with Crippen molar-refractivity contribution in [3.8, 4) is 34.8 Å². The molecule has 0 saturated carbocycles. The molecule has 0 unspecified atom stereocenters. The van der Waals surface area contributed by atoms with E-state index >= 15 is 0 Å². The lowest BCUT2D eigenvalue weighted by Crippen LogP contribution is -2.68. The van der Waals surface area contributed by atoms with Crippen LogP contribution in [0.1, 0.15) is 72.2 Å². The molecule has 4 aromatic carbocycles. The van der Waals surface area contributed by atoms with Gasteiger partial charge in [0.05, 0.1) is 19.2 Å². The van der Waals surface area contributed by atoms with Crippen LogP contribution in [0, 0.1) is 25.2 Å². The van der Waals surface area contributed by atoms with E-state index in [9.17, 15) is 15.2 Å². The number of aryl methyl sites for hydroxylation is 1. The number of hydrogen-bond acceptors (Lipinski definition) is 10. The number of phenols is 1. The van der Waals surface area contributed by atoms with Crippen LogP contribution in [0.3, 0.4) is 0 Å². The van der Waals surface area contributed by atoms with Crippen molar-refractivity contribution in [2.45, 2.75) is 88.6 Å². The maximum absolute atomic E-state index is 13.2. The molecule has 4 aromatic rings. The van der Waals surface area contributed by atoms with Gasteiger partial charge in [-0.15, -0.1) is 0 Å². The molecule has 5 atom stereocenters. The van der Waals surface area contributed by atoms with E-state index in [1.807, 2.05) is 50.2 Å². The number of hydrogen-bond donors (Lipinski definition) is 2. The Morgan fingerprint density at radius 3 is 2.20 bits per heavy atom. The van der Waals surface area contributed by atoms with E-state index in [1.165, 1.54) is 0 Å². The number of methoxy groups -OCH3 is 2. The van der Waals surface area contributed by atoms with Crippen molar-refractivity contribution in [1.82, 2.24) is 9.80 Å². The number of aromatic hydroxyl groups is 1. The van der Waals surface area contributed by atoms with Gasteiger partial charge in [0.2, 0.25) is 6.79 Å². The van der Waals surface area contributed by atoms with Crippen LogP contribution in [-0.2, 0) is 17.6 Å². The lowest BCUT2D eigenvalue weighted by molar-refractivity contribution is -0.0761. The summed E-state index contributed by atoms with van der Waals surface area (Å²) in [5, 5.41) is 24.6. The first-order chi connectivity index (χ1) is 26.5. The van der Waals surface area contributed by atoms with E-state index in [-0.39, 0.29) is 43.5 Å². The highest BCUT2D eigenvalue weighted by atomic mass is 28.4. The first-order valence-electron chi connectivity index (χ1n) is 19.2. The second-order valence-corrected chi connectivity index (χ2v) is 20.1. The second kappa shape index (κ2) is 14.2. The number of piperazine rings is 1. The molecule has 0 amide bonds. The summed E-state index contributed by atoms with van der Waals surface area (Å²) in [5.74, 6) is 2.73. The smallest absolute Gasteiger partial charge is 0.258 e. The molecule has 55 heavy (non-hydrogen) atoms. The maximum atomic E-state index is 13.2. The predicted molar refractivity (Wildman–Crippen MR) is 212 cm³/mol. The zero-order chi connectivity index (χ0) is 38.8. The SMILES string of the molecule is COCOc1c(OC)c(C)cc2c1[C@@H]1[C@@H]3Cc4c(O)c(C)c5c(c4[C@H](CCC(C)(C)[Si](O)(c4ccccc4)c4ccccc4)N3[C@@H](C#N)[C@@H](C2)N1C)OCO5. The van der Waals surface area contributed by atoms with Crippen LogP contribution in [0.25, 0.3) is 0 Å². The fourth-order valence-corrected chi connectivity index (χ4v) is 14.1. The minimum absolute atomic E-state index is 0.0565. The number of ether oxygens (including phenoxy) is 5. The molecule has 288 valence electrons. The minimum Gasteiger partial charge on any atom is -0.507 e. The Hall–Kier alpha value is -4.57. The summed E-state index contributed by atoms with van der Waals surface area (Å²) < 4.78 is 30.1. The second-order valence-electron chi connectivity index (χ2n) is 16.2. The zero-order valence-electron chi connectivity index (χ0n) is 32.8. The summed E-state index contributed by atoms with van der Waals surface area (Å²) in [6, 6.07) is 23.8. The van der Waals surface area contributed by atoms with Gasteiger partial charge in [0.15, 0.2) is 29.8 Å². The first kappa shape index (κ1) is 37.4. The van der Waals surface area contributed by atoms with Crippen LogP contribution in [0.5, 0.6) is 28.7 Å². The molecule has 11 heteroatoms. The fraction of sp³-hybridized carbons (Fsp3) is 0.432. The molecule has 0 radical (unpaired) electrons. The van der Waals surface area contributed by atoms with Gasteiger partial charge < -0.3 is 33.6 Å². The van der Waals surface area contributed by atoms with E-state index in [1.54, 1.807) is 14.2 Å². The summed E-state index contributed by atoms with van der Waals surface area (Å²) >= 11 is 0. The molecule has 8 rings (SSSR count). The average molecular weight is 762 g/mol. The normalized spacial score (nSPS) is 23.0. The van der Waals surface area contributed by atoms with Crippen molar-refractivity contribution in [3.63, 3.8) is 0 Å². The third-order valence-corrected chi connectivity index (χ3v) is 17.5. The molecule has 0 spiro atoms. The summed E-state index contributed by atoms with van der Waals surface area (Å²) in [4.78, 5) is 17.9. The third kappa shape index (κ3) is 5.64. The highest BCUT2D eigenvalue weighted by molar-refractivity contribution is 6.98. The summed E-state index contributed by atoms with van der Waals surface area (Å²) in [6.07, 6.45) is 2.35. The van der Waals surface area contributed by atoms with Crippen LogP contribution < -0.4 is 29.3 Å². The Labute approximate surface area is 324 Å². The van der Waals surface area contributed by atoms with Crippen molar-refractivity contribution in [1.29, 1.82) is 5.26 Å². The number of fused-ring (bicyclic) bond motifs is 9. The van der Waals surface area contributed by atoms with Crippen LogP contribution in [0.2, 0.25) is 5.04 Å². The minimum atomic E-state index is -3.37. The number of nitriles is 1. The van der Waals surface area contributed by atoms with E-state index in [0.717, 1.165) is 38.2 Å². The van der Waals surface area contributed by atoms with E-state index in [4.69, 9.17) is 23.7 Å². The van der Waals surface area contributed by atoms with Crippen molar-refractivity contribution in [3.05, 3.63) is 100 Å². The Bertz CT molecular complexity index is 2100. The molecular weight excluding hydrogens is 711 g/mol. The summed E-state index contributed by atoms with van der Waals surface area (Å²) in [7, 11) is 2.01. The van der Waals surface area contributed by atoms with Gasteiger partial charge in [-0.2, -0.15) is 5.26 Å². The van der Waals surface area contributed by atoms with Gasteiger partial charge in [-0.3, -0.25) is 9.80 Å². The first-order valence-corrected chi connectivity index (χ1v) is 21.1. The Kier molecular flexibility index (Phi) is 9.63. The summed E-state index contributed by atoms with van der Waals surface area (Å²) in [5.41, 5.74) is 5.47. The number of benzene rings is 4. The molecule has 0 aromatic heterocycles. The van der Waals surface area contributed by atoms with Crippen molar-refractivity contribution in [2.75, 3.05) is 34.9 Å². The lowest BCUT2D eigenvalue weighted by Gasteiger charge is -2.60. The number of nitrogens with zero attached hydrogens (tertiary/aromatic N) is 3. The molecular formula is C44H51N3O7Si. The Morgan fingerprint density at radius 2 is 1.58 bits per heavy atom. The molecule has 10 nitrogen and oxygen atoms in total. The van der Waals surface area contributed by atoms with Gasteiger partial charge in [0, 0.05) is 47.5 Å². The van der Waals surface area contributed by atoms with Gasteiger partial charge in [-0.1, -0.05) is 80.6 Å². The quantitative estimate of drug-likeness (QED) is 0.152. The zero-order valence-corrected chi connectivity index (χ0v) is 33.8. The van der Waals surface area contributed by atoms with Crippen LogP contribution >= 0.6 is 0 Å². The van der Waals surface area contributed by atoms with Gasteiger partial charge >= 0.3 is 0 Å². The number of phenolic OH excluding ortho intramolecular Hbond substituents is 1. The summed E-state index contributed by atoms with van der Waals surface area (Å²) in [6.45, 7) is 8.38. The van der Waals surface area contributed by atoms with Gasteiger partial charge in [-0.25, -0.2) is 0 Å². The average Bonchev–Trinajstić information content (AvgIpc) is 3.69. The molecule has 4 aliphatic heterocycles. The lowest BCUT2D eigenvalue weighted by atomic mass is 9.71. The predicted octanol–water partition coefficient (Wildman–Crippen LogP) is 5.81. The topological polar surface area (TPSA) is 117 Å². The molecule has 0 aliphatic carbocycles. The number of rotatable bonds is 10. The molecule has 2 N–H and O–H groups in total. The molecule has 2 bridgehead atoms. The highest BCUT2D eigenvalue weighted by Gasteiger charge is 2.58. The highest BCUT2D eigenvalue weighted by Crippen LogP contribution is 2.60. The molecule has 1 saturated heterocycles. The van der Waals surface area contributed by atoms with E-state index < -0.39 is 19.4 Å². The van der Waals surface area contributed by atoms with Crippen molar-refractivity contribution in [2.24, 2.45) is 0 Å². The fourth-order valence-electron chi connectivity index (χ4n) is 10.4. The third-order valence-electron chi connectivity index (χ3n) is 13.0. The van der Waals surface area contributed by atoms with Crippen molar-refractivity contribution < 1.29 is 33.6 Å². The van der Waals surface area contributed by atoms with Gasteiger partial charge in [-0.05, 0) is 73.1 Å². The largest absolute Gasteiger partial charge is 0.507 e. The van der Waals surface area contributed by atoms with Gasteiger partial charge in [0.1, 0.15) is 11.8 Å². The van der Waals surface area contributed by atoms with E-state index in [0.29, 0.717) is 54.2 Å². The monoisotopic (exact) mass is 761 g/mol. The Morgan fingerprint density at radius 1 is 0.927 bits per heavy atom. The van der Waals surface area contributed by atoms with Crippen molar-refractivity contribution >= 4 is 18.7 Å². The molecule has 4 heterocycles. The molecule has 4 aliphatic rings.